The summed E-state index contributed by atoms with van der Waals surface area (Å²) in [5.74, 6) is -1.65. The summed E-state index contributed by atoms with van der Waals surface area (Å²) >= 11 is 0. The van der Waals surface area contributed by atoms with Gasteiger partial charge < -0.3 is 9.90 Å². The van der Waals surface area contributed by atoms with Crippen LogP contribution in [0.15, 0.2) is 30.3 Å². The Kier molecular flexibility index (Phi) is 4.65. The first-order valence-corrected chi connectivity index (χ1v) is 6.84. The average Bonchev–Trinajstić information content (AvgIpc) is 2.26. The third kappa shape index (κ3) is 4.54. The number of carboxylic acids is 1. The SMILES string of the molecule is CC[C@@H](NS(=O)(=O)Cc1ccccc1)C(=O)[O-]. The second-order valence-corrected chi connectivity index (χ2v) is 5.40. The van der Waals surface area contributed by atoms with Gasteiger partial charge in [0.1, 0.15) is 0 Å². The monoisotopic (exact) mass is 256 g/mol. The Bertz CT molecular complexity index is 470. The molecule has 1 aromatic carbocycles. The molecular weight excluding hydrogens is 242 g/mol. The molecule has 17 heavy (non-hydrogen) atoms. The van der Waals surface area contributed by atoms with E-state index in [0.717, 1.165) is 0 Å². The lowest BCUT2D eigenvalue weighted by atomic mass is 10.2. The molecule has 1 rings (SSSR count). The van der Waals surface area contributed by atoms with Crippen molar-refractivity contribution in [3.8, 4) is 0 Å². The summed E-state index contributed by atoms with van der Waals surface area (Å²) in [6, 6.07) is 7.38. The fourth-order valence-corrected chi connectivity index (χ4v) is 2.76. The van der Waals surface area contributed by atoms with Crippen LogP contribution in [-0.2, 0) is 20.6 Å². The highest BCUT2D eigenvalue weighted by Crippen LogP contribution is 2.05. The maximum absolute atomic E-state index is 11.7. The van der Waals surface area contributed by atoms with Gasteiger partial charge in [-0.25, -0.2) is 13.1 Å². The van der Waals surface area contributed by atoms with E-state index in [1.165, 1.54) is 0 Å². The van der Waals surface area contributed by atoms with Gasteiger partial charge in [-0.15, -0.1) is 0 Å². The second-order valence-electron chi connectivity index (χ2n) is 3.64. The third-order valence-electron chi connectivity index (χ3n) is 2.21. The molecule has 0 bridgehead atoms. The number of sulfonamides is 1. The predicted molar refractivity (Wildman–Crippen MR) is 61.3 cm³/mol. The van der Waals surface area contributed by atoms with Crippen LogP contribution in [0.25, 0.3) is 0 Å². The van der Waals surface area contributed by atoms with Gasteiger partial charge in [0, 0.05) is 0 Å². The molecule has 1 N–H and O–H groups in total. The van der Waals surface area contributed by atoms with Crippen LogP contribution in [0, 0.1) is 0 Å². The molecule has 94 valence electrons. The van der Waals surface area contributed by atoms with E-state index in [-0.39, 0.29) is 12.2 Å². The van der Waals surface area contributed by atoms with Gasteiger partial charge in [0.05, 0.1) is 17.8 Å². The van der Waals surface area contributed by atoms with Crippen molar-refractivity contribution in [3.63, 3.8) is 0 Å². The number of hydrogen-bond acceptors (Lipinski definition) is 4. The number of hydrogen-bond donors (Lipinski definition) is 1. The van der Waals surface area contributed by atoms with Crippen LogP contribution < -0.4 is 9.83 Å². The molecular formula is C11H14NO4S-. The van der Waals surface area contributed by atoms with E-state index < -0.39 is 22.0 Å². The van der Waals surface area contributed by atoms with Crippen LogP contribution in [0.5, 0.6) is 0 Å². The molecule has 0 aromatic heterocycles. The van der Waals surface area contributed by atoms with Crippen LogP contribution in [0.3, 0.4) is 0 Å². The van der Waals surface area contributed by atoms with Gasteiger partial charge in [0.2, 0.25) is 10.0 Å². The van der Waals surface area contributed by atoms with Crippen molar-refractivity contribution in [1.29, 1.82) is 0 Å². The topological polar surface area (TPSA) is 86.3 Å². The van der Waals surface area contributed by atoms with Gasteiger partial charge in [0.15, 0.2) is 0 Å². The Morgan fingerprint density at radius 3 is 2.41 bits per heavy atom. The maximum Gasteiger partial charge on any atom is 0.216 e. The van der Waals surface area contributed by atoms with Crippen molar-refractivity contribution >= 4 is 16.0 Å². The van der Waals surface area contributed by atoms with Gasteiger partial charge in [0.25, 0.3) is 0 Å². The van der Waals surface area contributed by atoms with Gasteiger partial charge in [-0.1, -0.05) is 37.3 Å². The minimum Gasteiger partial charge on any atom is -0.548 e. The lowest BCUT2D eigenvalue weighted by molar-refractivity contribution is -0.308. The number of carboxylic acid groups (broad SMARTS) is 1. The fraction of sp³-hybridized carbons (Fsp3) is 0.364. The van der Waals surface area contributed by atoms with E-state index in [4.69, 9.17) is 0 Å². The highest BCUT2D eigenvalue weighted by atomic mass is 32.2. The lowest BCUT2D eigenvalue weighted by Gasteiger charge is -2.17. The van der Waals surface area contributed by atoms with Crippen molar-refractivity contribution in [1.82, 2.24) is 4.72 Å². The van der Waals surface area contributed by atoms with Crippen LogP contribution >= 0.6 is 0 Å². The van der Waals surface area contributed by atoms with E-state index >= 15 is 0 Å². The standard InChI is InChI=1S/C11H15NO4S/c1-2-10(11(13)14)12-17(15,16)8-9-6-4-3-5-7-9/h3-7,10,12H,2,8H2,1H3,(H,13,14)/p-1/t10-/m1/s1. The molecule has 0 unspecified atom stereocenters. The number of carbonyl (C=O) groups excluding carboxylic acids is 1. The number of nitrogens with one attached hydrogen (secondary N) is 1. The molecule has 0 aliphatic heterocycles. The van der Waals surface area contributed by atoms with E-state index in [2.05, 4.69) is 4.72 Å². The molecule has 0 amide bonds. The minimum absolute atomic E-state index is 0.149. The molecule has 1 atom stereocenters. The molecule has 1 aromatic rings. The molecule has 0 heterocycles. The minimum atomic E-state index is -3.66. The molecule has 0 fully saturated rings. The van der Waals surface area contributed by atoms with Crippen LogP contribution in [-0.4, -0.2) is 20.4 Å². The van der Waals surface area contributed by atoms with Gasteiger partial charge >= 0.3 is 0 Å². The van der Waals surface area contributed by atoms with E-state index in [1.54, 1.807) is 37.3 Å². The second kappa shape index (κ2) is 5.79. The quantitative estimate of drug-likeness (QED) is 0.752. The zero-order valence-electron chi connectivity index (χ0n) is 9.42. The Morgan fingerprint density at radius 1 is 1.35 bits per heavy atom. The molecule has 5 nitrogen and oxygen atoms in total. The van der Waals surface area contributed by atoms with Crippen LogP contribution in [0.2, 0.25) is 0 Å². The third-order valence-corrected chi connectivity index (χ3v) is 3.57. The highest BCUT2D eigenvalue weighted by Gasteiger charge is 2.17. The Hall–Kier alpha value is -1.40. The first-order chi connectivity index (χ1) is 7.94. The van der Waals surface area contributed by atoms with Crippen molar-refractivity contribution < 1.29 is 18.3 Å². The first kappa shape index (κ1) is 13.7. The summed E-state index contributed by atoms with van der Waals surface area (Å²) in [5.41, 5.74) is 0.605. The number of carbonyl (C=O) groups is 1. The smallest absolute Gasteiger partial charge is 0.216 e. The van der Waals surface area contributed by atoms with Gasteiger partial charge in [-0.05, 0) is 12.0 Å². The molecule has 0 aliphatic carbocycles. The van der Waals surface area contributed by atoms with Gasteiger partial charge in [-0.2, -0.15) is 0 Å². The first-order valence-electron chi connectivity index (χ1n) is 5.19. The van der Waals surface area contributed by atoms with Crippen LogP contribution in [0.1, 0.15) is 18.9 Å². The summed E-state index contributed by atoms with van der Waals surface area (Å²) < 4.78 is 25.4. The van der Waals surface area contributed by atoms with Crippen molar-refractivity contribution in [2.75, 3.05) is 0 Å². The number of aliphatic carboxylic acids is 1. The molecule has 0 spiro atoms. The lowest BCUT2D eigenvalue weighted by Crippen LogP contribution is -2.47. The van der Waals surface area contributed by atoms with Crippen LogP contribution in [0.4, 0.5) is 0 Å². The summed E-state index contributed by atoms with van der Waals surface area (Å²) in [6.45, 7) is 1.57. The van der Waals surface area contributed by atoms with E-state index in [9.17, 15) is 18.3 Å². The molecule has 0 saturated heterocycles. The van der Waals surface area contributed by atoms with Crippen molar-refractivity contribution in [3.05, 3.63) is 35.9 Å². The fourth-order valence-electron chi connectivity index (χ4n) is 1.35. The summed E-state index contributed by atoms with van der Waals surface area (Å²) in [6.07, 6.45) is 0.149. The highest BCUT2D eigenvalue weighted by molar-refractivity contribution is 7.88. The molecule has 0 aliphatic rings. The Balaban J connectivity index is 2.73. The number of rotatable bonds is 6. The predicted octanol–water partition coefficient (Wildman–Crippen LogP) is -0.365. The van der Waals surface area contributed by atoms with E-state index in [0.29, 0.717) is 5.56 Å². The molecule has 0 radical (unpaired) electrons. The average molecular weight is 256 g/mol. The normalized spacial score (nSPS) is 13.2. The zero-order chi connectivity index (χ0) is 12.9. The number of benzene rings is 1. The summed E-state index contributed by atoms with van der Waals surface area (Å²) in [5, 5.41) is 10.6. The maximum atomic E-state index is 11.7. The van der Waals surface area contributed by atoms with Crippen molar-refractivity contribution in [2.24, 2.45) is 0 Å². The molecule has 6 heteroatoms. The Labute approximate surface area is 101 Å². The van der Waals surface area contributed by atoms with Crippen molar-refractivity contribution in [2.45, 2.75) is 25.1 Å². The summed E-state index contributed by atoms with van der Waals surface area (Å²) in [7, 11) is -3.66. The van der Waals surface area contributed by atoms with Gasteiger partial charge in [-0.3, -0.25) is 0 Å². The zero-order valence-corrected chi connectivity index (χ0v) is 10.2. The largest absolute Gasteiger partial charge is 0.548 e. The summed E-state index contributed by atoms with van der Waals surface area (Å²) in [4.78, 5) is 10.6. The molecule has 0 saturated carbocycles. The Morgan fingerprint density at radius 2 is 1.94 bits per heavy atom. The van der Waals surface area contributed by atoms with E-state index in [1.807, 2.05) is 0 Å².